The number of hydrogen-bond donors (Lipinski definition) is 0. The summed E-state index contributed by atoms with van der Waals surface area (Å²) < 4.78 is 70.5. The molecule has 0 spiro atoms. The van der Waals surface area contributed by atoms with Gasteiger partial charge in [-0.3, -0.25) is 0 Å². The topological polar surface area (TPSA) is 52.6 Å². The Balaban J connectivity index is 2.26. The highest BCUT2D eigenvalue weighted by atomic mass is 32.2. The highest BCUT2D eigenvalue weighted by molar-refractivity contribution is 7.87. The molecule has 0 N–H and O–H groups in total. The van der Waals surface area contributed by atoms with Crippen LogP contribution >= 0.6 is 0 Å². The van der Waals surface area contributed by atoms with Gasteiger partial charge in [-0.25, -0.2) is 0 Å². The van der Waals surface area contributed by atoms with E-state index < -0.39 is 21.7 Å². The molecule has 1 aromatic rings. The van der Waals surface area contributed by atoms with Crippen molar-refractivity contribution in [2.45, 2.75) is 51.3 Å². The predicted molar refractivity (Wildman–Crippen MR) is 86.9 cm³/mol. The van der Waals surface area contributed by atoms with Gasteiger partial charge in [0.25, 0.3) is 0 Å². The molecule has 2 rings (SSSR count). The zero-order valence-corrected chi connectivity index (χ0v) is 15.0. The molecule has 0 aromatic heterocycles. The van der Waals surface area contributed by atoms with Crippen molar-refractivity contribution in [1.82, 2.24) is 0 Å². The van der Waals surface area contributed by atoms with Crippen molar-refractivity contribution in [3.8, 4) is 0 Å². The third-order valence-corrected chi connectivity index (χ3v) is 5.11. The average molecular weight is 378 g/mol. The maximum absolute atomic E-state index is 12.5. The van der Waals surface area contributed by atoms with Gasteiger partial charge in [-0.05, 0) is 36.8 Å². The number of allylic oxidation sites excluding steroid dienone is 1. The van der Waals surface area contributed by atoms with E-state index in [0.29, 0.717) is 18.4 Å². The minimum Gasteiger partial charge on any atom is -0.381 e. The summed E-state index contributed by atoms with van der Waals surface area (Å²) in [6, 6.07) is 9.51. The Morgan fingerprint density at radius 1 is 1.24 bits per heavy atom. The van der Waals surface area contributed by atoms with Gasteiger partial charge < -0.3 is 8.92 Å². The fraction of sp³-hybridized carbons (Fsp3) is 0.529. The zero-order valence-electron chi connectivity index (χ0n) is 14.2. The fourth-order valence-electron chi connectivity index (χ4n) is 2.87. The normalized spacial score (nSPS) is 24.3. The molecule has 0 aliphatic carbocycles. The van der Waals surface area contributed by atoms with Crippen LogP contribution in [0.1, 0.15) is 45.3 Å². The maximum Gasteiger partial charge on any atom is 0.534 e. The Labute approximate surface area is 145 Å². The number of ether oxygens (including phenoxy) is 1. The van der Waals surface area contributed by atoms with Crippen molar-refractivity contribution >= 4 is 10.1 Å². The number of halogens is 3. The van der Waals surface area contributed by atoms with Gasteiger partial charge in [0.05, 0.1) is 12.2 Å². The van der Waals surface area contributed by atoms with Crippen molar-refractivity contribution in [2.75, 3.05) is 0 Å². The van der Waals surface area contributed by atoms with E-state index in [4.69, 9.17) is 4.74 Å². The summed E-state index contributed by atoms with van der Waals surface area (Å²) in [4.78, 5) is 0. The first-order chi connectivity index (χ1) is 11.5. The quantitative estimate of drug-likeness (QED) is 0.433. The highest BCUT2D eigenvalue weighted by Crippen LogP contribution is 2.39. The van der Waals surface area contributed by atoms with E-state index in [1.807, 2.05) is 44.2 Å². The van der Waals surface area contributed by atoms with Gasteiger partial charge >= 0.3 is 15.6 Å². The van der Waals surface area contributed by atoms with Gasteiger partial charge in [-0.2, -0.15) is 21.6 Å². The summed E-state index contributed by atoms with van der Waals surface area (Å²) in [6.45, 7) is 4.97. The van der Waals surface area contributed by atoms with Crippen LogP contribution in [0.5, 0.6) is 0 Å². The predicted octanol–water partition coefficient (Wildman–Crippen LogP) is 4.70. The van der Waals surface area contributed by atoms with E-state index in [1.54, 1.807) is 0 Å². The molecule has 140 valence electrons. The van der Waals surface area contributed by atoms with Crippen molar-refractivity contribution < 1.29 is 30.5 Å². The lowest BCUT2D eigenvalue weighted by molar-refractivity contribution is -0.0545. The molecular weight excluding hydrogens is 357 g/mol. The Kier molecular flexibility index (Phi) is 5.83. The van der Waals surface area contributed by atoms with Gasteiger partial charge in [0.2, 0.25) is 0 Å². The Hall–Kier alpha value is -1.54. The van der Waals surface area contributed by atoms with Crippen LogP contribution in [0.25, 0.3) is 0 Å². The van der Waals surface area contributed by atoms with E-state index in [2.05, 4.69) is 4.18 Å². The minimum atomic E-state index is -5.67. The lowest BCUT2D eigenvalue weighted by Crippen LogP contribution is -2.32. The number of hydrogen-bond acceptors (Lipinski definition) is 4. The molecule has 0 radical (unpaired) electrons. The Bertz CT molecular complexity index is 724. The summed E-state index contributed by atoms with van der Waals surface area (Å²) in [5.41, 5.74) is -4.02. The maximum atomic E-state index is 12.5. The smallest absolute Gasteiger partial charge is 0.381 e. The summed E-state index contributed by atoms with van der Waals surface area (Å²) in [7, 11) is -5.67. The summed E-state index contributed by atoms with van der Waals surface area (Å²) in [5, 5.41) is 0. The first kappa shape index (κ1) is 19.8. The number of benzene rings is 1. The first-order valence-corrected chi connectivity index (χ1v) is 9.34. The largest absolute Gasteiger partial charge is 0.534 e. The van der Waals surface area contributed by atoms with E-state index in [0.717, 1.165) is 5.56 Å². The Morgan fingerprint density at radius 3 is 2.36 bits per heavy atom. The summed E-state index contributed by atoms with van der Waals surface area (Å²) >= 11 is 0. The molecule has 8 heteroatoms. The fourth-order valence-corrected chi connectivity index (χ4v) is 3.40. The van der Waals surface area contributed by atoms with E-state index >= 15 is 0 Å². The lowest BCUT2D eigenvalue weighted by atomic mass is 9.88. The monoisotopic (exact) mass is 378 g/mol. The molecule has 0 bridgehead atoms. The average Bonchev–Trinajstić information content (AvgIpc) is 2.53. The molecular formula is C17H21F3O4S. The molecule has 0 amide bonds. The van der Waals surface area contributed by atoms with E-state index in [1.165, 1.54) is 6.92 Å². The molecule has 1 aromatic carbocycles. The van der Waals surface area contributed by atoms with Crippen LogP contribution in [0.3, 0.4) is 0 Å². The summed E-state index contributed by atoms with van der Waals surface area (Å²) in [6.07, 6.45) is 0.239. The number of alkyl halides is 3. The second kappa shape index (κ2) is 7.37. The SMILES string of the molecule is CC(OS(=O)(=O)C(F)(F)F)=C1CC[C@@H](c2ccccc2)O[C@H]1C(C)C. The Morgan fingerprint density at radius 2 is 1.84 bits per heavy atom. The van der Waals surface area contributed by atoms with Crippen LogP contribution in [0.2, 0.25) is 0 Å². The molecule has 0 saturated carbocycles. The zero-order chi connectivity index (χ0) is 18.8. The third-order valence-electron chi connectivity index (χ3n) is 4.08. The van der Waals surface area contributed by atoms with E-state index in [9.17, 15) is 21.6 Å². The molecule has 4 nitrogen and oxygen atoms in total. The number of rotatable bonds is 4. The van der Waals surface area contributed by atoms with Crippen LogP contribution in [0.4, 0.5) is 13.2 Å². The van der Waals surface area contributed by atoms with Crippen LogP contribution < -0.4 is 0 Å². The second-order valence-electron chi connectivity index (χ2n) is 6.30. The van der Waals surface area contributed by atoms with Gasteiger partial charge in [0.1, 0.15) is 5.76 Å². The van der Waals surface area contributed by atoms with Gasteiger partial charge in [-0.15, -0.1) is 0 Å². The second-order valence-corrected chi connectivity index (χ2v) is 7.84. The minimum absolute atomic E-state index is 0.0475. The van der Waals surface area contributed by atoms with Crippen molar-refractivity contribution in [2.24, 2.45) is 5.92 Å². The molecule has 1 heterocycles. The van der Waals surface area contributed by atoms with E-state index in [-0.39, 0.29) is 17.8 Å². The van der Waals surface area contributed by atoms with Crippen molar-refractivity contribution in [1.29, 1.82) is 0 Å². The van der Waals surface area contributed by atoms with Crippen LogP contribution in [-0.2, 0) is 19.0 Å². The van der Waals surface area contributed by atoms with Crippen LogP contribution in [0, 0.1) is 5.92 Å². The van der Waals surface area contributed by atoms with Crippen molar-refractivity contribution in [3.63, 3.8) is 0 Å². The third kappa shape index (κ3) is 4.55. The van der Waals surface area contributed by atoms with Crippen LogP contribution in [0.15, 0.2) is 41.7 Å². The standard InChI is InChI=1S/C17H21F3O4S/c1-11(2)16-14(12(3)24-25(21,22)17(18,19)20)9-10-15(23-16)13-7-5-4-6-8-13/h4-8,11,15-16H,9-10H2,1-3H3/t15-,16-/m0/s1. The molecule has 1 fully saturated rings. The molecule has 25 heavy (non-hydrogen) atoms. The van der Waals surface area contributed by atoms with Crippen LogP contribution in [-0.4, -0.2) is 20.0 Å². The molecule has 1 aliphatic heterocycles. The molecule has 0 unspecified atom stereocenters. The molecule has 1 aliphatic rings. The van der Waals surface area contributed by atoms with Gasteiger partial charge in [-0.1, -0.05) is 44.2 Å². The van der Waals surface area contributed by atoms with Gasteiger partial charge in [0, 0.05) is 0 Å². The summed E-state index contributed by atoms with van der Waals surface area (Å²) in [5.74, 6) is -0.309. The van der Waals surface area contributed by atoms with Crippen molar-refractivity contribution in [3.05, 3.63) is 47.2 Å². The van der Waals surface area contributed by atoms with Gasteiger partial charge in [0.15, 0.2) is 0 Å². The molecule has 2 atom stereocenters. The molecule has 1 saturated heterocycles. The lowest BCUT2D eigenvalue weighted by Gasteiger charge is -2.35. The highest BCUT2D eigenvalue weighted by Gasteiger charge is 2.49. The first-order valence-electron chi connectivity index (χ1n) is 7.93.